The molecule has 1 unspecified atom stereocenters. The molecule has 1 atom stereocenters. The molecule has 3 heteroatoms. The van der Waals surface area contributed by atoms with Gasteiger partial charge in [0.2, 0.25) is 0 Å². The lowest BCUT2D eigenvalue weighted by molar-refractivity contribution is 0.170. The van der Waals surface area contributed by atoms with Gasteiger partial charge in [-0.2, -0.15) is 0 Å². The van der Waals surface area contributed by atoms with E-state index in [1.54, 1.807) is 0 Å². The van der Waals surface area contributed by atoms with Crippen LogP contribution >= 0.6 is 0 Å². The number of hydrogen-bond donors (Lipinski definition) is 1. The highest BCUT2D eigenvalue weighted by Gasteiger charge is 2.12. The molecule has 1 N–H and O–H groups in total. The highest BCUT2D eigenvalue weighted by Crippen LogP contribution is 2.13. The highest BCUT2D eigenvalue weighted by atomic mass is 16.5. The molecule has 0 aromatic heterocycles. The van der Waals surface area contributed by atoms with Gasteiger partial charge < -0.3 is 14.7 Å². The van der Waals surface area contributed by atoms with E-state index in [1.165, 1.54) is 0 Å². The summed E-state index contributed by atoms with van der Waals surface area (Å²) >= 11 is 0. The average Bonchev–Trinajstić information content (AvgIpc) is 2.44. The van der Waals surface area contributed by atoms with Crippen molar-refractivity contribution in [2.45, 2.75) is 26.8 Å². The Morgan fingerprint density at radius 1 is 1.30 bits per heavy atom. The third-order valence-electron chi connectivity index (χ3n) is 3.52. The van der Waals surface area contributed by atoms with E-state index < -0.39 is 0 Å². The zero-order valence-corrected chi connectivity index (χ0v) is 12.9. The van der Waals surface area contributed by atoms with Crippen LogP contribution in [0.15, 0.2) is 24.3 Å². The van der Waals surface area contributed by atoms with Crippen molar-refractivity contribution in [2.24, 2.45) is 5.92 Å². The van der Waals surface area contributed by atoms with Gasteiger partial charge in [-0.1, -0.05) is 31.8 Å². The van der Waals surface area contributed by atoms with Gasteiger partial charge in [0, 0.05) is 18.2 Å². The molecule has 0 aliphatic rings. The Hall–Kier alpha value is -1.50. The second-order valence-electron chi connectivity index (χ2n) is 5.30. The van der Waals surface area contributed by atoms with E-state index in [4.69, 9.17) is 9.84 Å². The third kappa shape index (κ3) is 5.64. The van der Waals surface area contributed by atoms with Crippen LogP contribution in [0.25, 0.3) is 0 Å². The van der Waals surface area contributed by atoms with Crippen LogP contribution in [0.4, 0.5) is 0 Å². The number of aliphatic hydroxyl groups is 1. The van der Waals surface area contributed by atoms with Gasteiger partial charge in [0.25, 0.3) is 0 Å². The smallest absolute Gasteiger partial charge is 0.120 e. The van der Waals surface area contributed by atoms with Crippen molar-refractivity contribution in [3.05, 3.63) is 29.8 Å². The van der Waals surface area contributed by atoms with Crippen LogP contribution in [-0.2, 0) is 0 Å². The van der Waals surface area contributed by atoms with Crippen molar-refractivity contribution >= 4 is 0 Å². The lowest BCUT2D eigenvalue weighted by Gasteiger charge is -2.27. The minimum atomic E-state index is -0.122. The van der Waals surface area contributed by atoms with Crippen molar-refractivity contribution in [1.82, 2.24) is 4.90 Å². The Bertz CT molecular complexity index is 460. The fraction of sp³-hybridized carbons (Fsp3) is 0.529. The molecule has 0 saturated heterocycles. The van der Waals surface area contributed by atoms with E-state index in [2.05, 4.69) is 44.6 Å². The zero-order valence-electron chi connectivity index (χ0n) is 12.9. The topological polar surface area (TPSA) is 32.7 Å². The molecular weight excluding hydrogens is 250 g/mol. The second-order valence-corrected chi connectivity index (χ2v) is 5.30. The molecule has 0 amide bonds. The summed E-state index contributed by atoms with van der Waals surface area (Å²) < 4.78 is 5.76. The minimum absolute atomic E-state index is 0.122. The molecule has 0 heterocycles. The first-order valence-electron chi connectivity index (χ1n) is 7.07. The number of ether oxygens (including phenoxy) is 1. The first kappa shape index (κ1) is 16.6. The lowest BCUT2D eigenvalue weighted by Crippen LogP contribution is -2.36. The third-order valence-corrected chi connectivity index (χ3v) is 3.52. The van der Waals surface area contributed by atoms with E-state index >= 15 is 0 Å². The number of aliphatic hydroxyl groups excluding tert-OH is 1. The molecule has 0 bridgehead atoms. The molecule has 1 aromatic rings. The zero-order chi connectivity index (χ0) is 15.0. The van der Waals surface area contributed by atoms with Crippen LogP contribution in [0.5, 0.6) is 5.75 Å². The summed E-state index contributed by atoms with van der Waals surface area (Å²) in [4.78, 5) is 2.31. The van der Waals surface area contributed by atoms with Crippen LogP contribution in [0.3, 0.4) is 0 Å². The molecular formula is C17H25NO2. The maximum atomic E-state index is 8.69. The number of hydrogen-bond acceptors (Lipinski definition) is 3. The minimum Gasteiger partial charge on any atom is -0.492 e. The van der Waals surface area contributed by atoms with Crippen LogP contribution in [0.1, 0.15) is 26.3 Å². The molecule has 0 aliphatic carbocycles. The first-order chi connectivity index (χ1) is 9.54. The summed E-state index contributed by atoms with van der Waals surface area (Å²) in [5.74, 6) is 6.97. The van der Waals surface area contributed by atoms with Gasteiger partial charge in [-0.3, -0.25) is 0 Å². The average molecular weight is 275 g/mol. The second kappa shape index (κ2) is 8.63. The molecule has 3 nitrogen and oxygen atoms in total. The van der Waals surface area contributed by atoms with Crippen molar-refractivity contribution < 1.29 is 9.84 Å². The van der Waals surface area contributed by atoms with Crippen LogP contribution in [0.2, 0.25) is 0 Å². The van der Waals surface area contributed by atoms with Crippen molar-refractivity contribution in [1.29, 1.82) is 0 Å². The summed E-state index contributed by atoms with van der Waals surface area (Å²) in [5, 5.41) is 8.69. The summed E-state index contributed by atoms with van der Waals surface area (Å²) in [5.41, 5.74) is 0.862. The van der Waals surface area contributed by atoms with E-state index in [0.29, 0.717) is 18.6 Å². The molecule has 1 rings (SSSR count). The van der Waals surface area contributed by atoms with Crippen LogP contribution in [0, 0.1) is 17.8 Å². The predicted octanol–water partition coefficient (Wildman–Crippen LogP) is 2.39. The van der Waals surface area contributed by atoms with Crippen LogP contribution < -0.4 is 4.74 Å². The van der Waals surface area contributed by atoms with Gasteiger partial charge >= 0.3 is 0 Å². The largest absolute Gasteiger partial charge is 0.492 e. The molecule has 0 radical (unpaired) electrons. The molecule has 1 aromatic carbocycles. The van der Waals surface area contributed by atoms with Gasteiger partial charge in [0.1, 0.15) is 19.0 Å². The van der Waals surface area contributed by atoms with Gasteiger partial charge in [-0.15, -0.1) is 0 Å². The Kier molecular flexibility index (Phi) is 7.14. The van der Waals surface area contributed by atoms with Gasteiger partial charge in [0.15, 0.2) is 0 Å². The Balaban J connectivity index is 2.46. The number of nitrogens with zero attached hydrogens (tertiary/aromatic N) is 1. The van der Waals surface area contributed by atoms with Gasteiger partial charge in [-0.05, 0) is 38.1 Å². The summed E-state index contributed by atoms with van der Waals surface area (Å²) in [6, 6.07) is 8.19. The monoisotopic (exact) mass is 275 g/mol. The van der Waals surface area contributed by atoms with E-state index in [1.807, 2.05) is 24.3 Å². The molecule has 0 spiro atoms. The predicted molar refractivity (Wildman–Crippen MR) is 82.8 cm³/mol. The quantitative estimate of drug-likeness (QED) is 0.809. The van der Waals surface area contributed by atoms with Gasteiger partial charge in [-0.25, -0.2) is 0 Å². The van der Waals surface area contributed by atoms with E-state index in [0.717, 1.165) is 17.9 Å². The SMILES string of the molecule is CC(C)C(C)N(C)CCOc1cccc(C#CCO)c1. The molecule has 0 fully saturated rings. The van der Waals surface area contributed by atoms with E-state index in [-0.39, 0.29) is 6.61 Å². The van der Waals surface area contributed by atoms with Crippen LogP contribution in [-0.4, -0.2) is 42.9 Å². The normalized spacial score (nSPS) is 12.2. The standard InChI is InChI=1S/C17H25NO2/c1-14(2)15(3)18(4)10-12-20-17-9-5-7-16(13-17)8-6-11-19/h5,7,9,13-15,19H,10-12H2,1-4H3. The number of likely N-dealkylation sites (N-methyl/N-ethyl adjacent to an activating group) is 1. The molecule has 0 saturated carbocycles. The maximum Gasteiger partial charge on any atom is 0.120 e. The number of benzene rings is 1. The fourth-order valence-electron chi connectivity index (χ4n) is 1.83. The summed E-state index contributed by atoms with van der Waals surface area (Å²) in [6.07, 6.45) is 0. The van der Waals surface area contributed by atoms with Gasteiger partial charge in [0.05, 0.1) is 0 Å². The number of rotatable bonds is 6. The highest BCUT2D eigenvalue weighted by molar-refractivity contribution is 5.39. The Labute approximate surface area is 122 Å². The molecule has 110 valence electrons. The van der Waals surface area contributed by atoms with E-state index in [9.17, 15) is 0 Å². The molecule has 20 heavy (non-hydrogen) atoms. The maximum absolute atomic E-state index is 8.69. The Morgan fingerprint density at radius 2 is 2.05 bits per heavy atom. The fourth-order valence-corrected chi connectivity index (χ4v) is 1.83. The van der Waals surface area contributed by atoms with Crippen molar-refractivity contribution in [2.75, 3.05) is 26.8 Å². The van der Waals surface area contributed by atoms with Crippen molar-refractivity contribution in [3.63, 3.8) is 0 Å². The Morgan fingerprint density at radius 3 is 2.70 bits per heavy atom. The lowest BCUT2D eigenvalue weighted by atomic mass is 10.1. The molecule has 0 aliphatic heterocycles. The first-order valence-corrected chi connectivity index (χ1v) is 7.07. The summed E-state index contributed by atoms with van der Waals surface area (Å²) in [6.45, 7) is 8.12. The van der Waals surface area contributed by atoms with Crippen molar-refractivity contribution in [3.8, 4) is 17.6 Å². The summed E-state index contributed by atoms with van der Waals surface area (Å²) in [7, 11) is 2.12.